The lowest BCUT2D eigenvalue weighted by atomic mass is 10.1. The Balaban J connectivity index is 2.31. The number of ether oxygens (including phenoxy) is 1. The molecule has 1 aromatic heterocycles. The monoisotopic (exact) mass is 419 g/mol. The molecule has 2 aromatic rings. The Hall–Kier alpha value is -2.35. The highest BCUT2D eigenvalue weighted by atomic mass is 32.2. The van der Waals surface area contributed by atoms with Gasteiger partial charge in [-0.2, -0.15) is 0 Å². The zero-order valence-electron chi connectivity index (χ0n) is 17.7. The van der Waals surface area contributed by atoms with Crippen LogP contribution >= 0.6 is 11.8 Å². The zero-order chi connectivity index (χ0) is 21.6. The van der Waals surface area contributed by atoms with Gasteiger partial charge in [-0.3, -0.25) is 19.0 Å². The molecule has 0 radical (unpaired) electrons. The van der Waals surface area contributed by atoms with Crippen molar-refractivity contribution in [2.45, 2.75) is 39.4 Å². The number of carbonyl (C=O) groups is 2. The molecule has 0 spiro atoms. The molecule has 0 unspecified atom stereocenters. The second kappa shape index (κ2) is 10.4. The fourth-order valence-corrected chi connectivity index (χ4v) is 3.87. The highest BCUT2D eigenvalue weighted by Crippen LogP contribution is 2.19. The minimum atomic E-state index is -0.543. The van der Waals surface area contributed by atoms with Crippen LogP contribution in [0.3, 0.4) is 0 Å². The largest absolute Gasteiger partial charge is 0.468 e. The third-order valence-electron chi connectivity index (χ3n) is 4.19. The zero-order valence-corrected chi connectivity index (χ0v) is 18.5. The third-order valence-corrected chi connectivity index (χ3v) is 5.15. The summed E-state index contributed by atoms with van der Waals surface area (Å²) in [6, 6.07) is 6.96. The quantitative estimate of drug-likeness (QED) is 0.353. The van der Waals surface area contributed by atoms with Crippen molar-refractivity contribution >= 4 is 34.5 Å². The molecular weight excluding hydrogens is 390 g/mol. The predicted molar refractivity (Wildman–Crippen MR) is 115 cm³/mol. The summed E-state index contributed by atoms with van der Waals surface area (Å²) < 4.78 is 6.00. The van der Waals surface area contributed by atoms with E-state index in [0.717, 1.165) is 0 Å². The Bertz CT molecular complexity index is 914. The standard InChI is InChI=1S/C21H29N3O4S/c1-14(2)10-23(11-15(3)4)18(25)13-29-21-22-17-9-7-6-8-16(17)20(27)24(21)12-19(26)28-5/h6-9,14-15H,10-13H2,1-5H3. The van der Waals surface area contributed by atoms with Crippen LogP contribution in [0.4, 0.5) is 0 Å². The molecule has 1 heterocycles. The predicted octanol–water partition coefficient (Wildman–Crippen LogP) is 2.80. The van der Waals surface area contributed by atoms with Gasteiger partial charge in [-0.05, 0) is 24.0 Å². The molecule has 0 aliphatic carbocycles. The van der Waals surface area contributed by atoms with Crippen molar-refractivity contribution in [3.05, 3.63) is 34.6 Å². The van der Waals surface area contributed by atoms with Crippen molar-refractivity contribution in [1.29, 1.82) is 0 Å². The summed E-state index contributed by atoms with van der Waals surface area (Å²) in [7, 11) is 1.27. The number of methoxy groups -OCH3 is 1. The van der Waals surface area contributed by atoms with Gasteiger partial charge in [-0.15, -0.1) is 0 Å². The van der Waals surface area contributed by atoms with E-state index in [-0.39, 0.29) is 23.8 Å². The molecule has 158 valence electrons. The van der Waals surface area contributed by atoms with Gasteiger partial charge in [0, 0.05) is 13.1 Å². The molecule has 0 fully saturated rings. The minimum Gasteiger partial charge on any atom is -0.468 e. The fourth-order valence-electron chi connectivity index (χ4n) is 2.97. The summed E-state index contributed by atoms with van der Waals surface area (Å²) >= 11 is 1.17. The Morgan fingerprint density at radius 3 is 2.34 bits per heavy atom. The number of thioether (sulfide) groups is 1. The molecule has 0 atom stereocenters. The van der Waals surface area contributed by atoms with Crippen LogP contribution in [0.2, 0.25) is 0 Å². The first-order valence-electron chi connectivity index (χ1n) is 9.69. The molecule has 0 saturated carbocycles. The molecule has 1 aromatic carbocycles. The maximum Gasteiger partial charge on any atom is 0.325 e. The topological polar surface area (TPSA) is 81.5 Å². The van der Waals surface area contributed by atoms with Crippen LogP contribution in [0.15, 0.2) is 34.2 Å². The average Bonchev–Trinajstić information content (AvgIpc) is 2.67. The number of para-hydroxylation sites is 1. The van der Waals surface area contributed by atoms with E-state index in [9.17, 15) is 14.4 Å². The van der Waals surface area contributed by atoms with Gasteiger partial charge in [0.1, 0.15) is 6.54 Å². The molecular formula is C21H29N3O4S. The molecule has 0 aliphatic heterocycles. The summed E-state index contributed by atoms with van der Waals surface area (Å²) in [6.45, 7) is 9.42. The van der Waals surface area contributed by atoms with E-state index in [1.807, 2.05) is 4.90 Å². The van der Waals surface area contributed by atoms with Crippen molar-refractivity contribution < 1.29 is 14.3 Å². The smallest absolute Gasteiger partial charge is 0.325 e. The SMILES string of the molecule is COC(=O)Cn1c(SCC(=O)N(CC(C)C)CC(C)C)nc2ccccc2c1=O. The van der Waals surface area contributed by atoms with Gasteiger partial charge < -0.3 is 9.64 Å². The first kappa shape index (κ1) is 22.9. The third kappa shape index (κ3) is 6.32. The summed E-state index contributed by atoms with van der Waals surface area (Å²) in [5.41, 5.74) is 0.215. The fraction of sp³-hybridized carbons (Fsp3) is 0.524. The highest BCUT2D eigenvalue weighted by molar-refractivity contribution is 7.99. The number of amides is 1. The van der Waals surface area contributed by atoms with E-state index < -0.39 is 5.97 Å². The molecule has 8 heteroatoms. The highest BCUT2D eigenvalue weighted by Gasteiger charge is 2.20. The Morgan fingerprint density at radius 1 is 1.14 bits per heavy atom. The van der Waals surface area contributed by atoms with Gasteiger partial charge >= 0.3 is 5.97 Å². The number of hydrogen-bond acceptors (Lipinski definition) is 6. The van der Waals surface area contributed by atoms with Crippen molar-refractivity contribution in [2.24, 2.45) is 11.8 Å². The second-order valence-corrected chi connectivity index (χ2v) is 8.70. The summed E-state index contributed by atoms with van der Waals surface area (Å²) in [6.07, 6.45) is 0. The van der Waals surface area contributed by atoms with Crippen LogP contribution in [-0.4, -0.2) is 52.3 Å². The van der Waals surface area contributed by atoms with Crippen molar-refractivity contribution in [2.75, 3.05) is 26.0 Å². The van der Waals surface area contributed by atoms with E-state index in [0.29, 0.717) is 41.0 Å². The maximum absolute atomic E-state index is 12.9. The first-order valence-corrected chi connectivity index (χ1v) is 10.7. The Labute approximate surface area is 175 Å². The second-order valence-electron chi connectivity index (χ2n) is 7.75. The molecule has 0 N–H and O–H groups in total. The lowest BCUT2D eigenvalue weighted by Crippen LogP contribution is -2.38. The molecule has 0 aliphatic rings. The van der Waals surface area contributed by atoms with Gasteiger partial charge in [0.25, 0.3) is 5.56 Å². The number of nitrogens with zero attached hydrogens (tertiary/aromatic N) is 3. The van der Waals surface area contributed by atoms with Crippen molar-refractivity contribution in [1.82, 2.24) is 14.5 Å². The molecule has 2 rings (SSSR count). The van der Waals surface area contributed by atoms with E-state index >= 15 is 0 Å². The first-order chi connectivity index (χ1) is 13.7. The molecule has 7 nitrogen and oxygen atoms in total. The normalized spacial score (nSPS) is 11.3. The van der Waals surface area contributed by atoms with E-state index in [4.69, 9.17) is 4.74 Å². The van der Waals surface area contributed by atoms with Gasteiger partial charge in [-0.1, -0.05) is 51.6 Å². The lowest BCUT2D eigenvalue weighted by Gasteiger charge is -2.26. The van der Waals surface area contributed by atoms with Crippen LogP contribution < -0.4 is 5.56 Å². The molecule has 1 amide bonds. The summed E-state index contributed by atoms with van der Waals surface area (Å²) in [5.74, 6) is 0.312. The molecule has 0 bridgehead atoms. The van der Waals surface area contributed by atoms with Gasteiger partial charge in [0.15, 0.2) is 5.16 Å². The number of aromatic nitrogens is 2. The van der Waals surface area contributed by atoms with Crippen LogP contribution in [0, 0.1) is 11.8 Å². The van der Waals surface area contributed by atoms with Gasteiger partial charge in [-0.25, -0.2) is 4.98 Å². The number of carbonyl (C=O) groups excluding carboxylic acids is 2. The van der Waals surface area contributed by atoms with Crippen molar-refractivity contribution in [3.8, 4) is 0 Å². The number of hydrogen-bond donors (Lipinski definition) is 0. The minimum absolute atomic E-state index is 0.00979. The van der Waals surface area contributed by atoms with Crippen LogP contribution in [-0.2, 0) is 20.9 Å². The van der Waals surface area contributed by atoms with E-state index in [1.54, 1.807) is 24.3 Å². The van der Waals surface area contributed by atoms with E-state index in [1.165, 1.54) is 23.4 Å². The van der Waals surface area contributed by atoms with Gasteiger partial charge in [0.2, 0.25) is 5.91 Å². The average molecular weight is 420 g/mol. The maximum atomic E-state index is 12.9. The summed E-state index contributed by atoms with van der Waals surface area (Å²) in [4.78, 5) is 43.9. The molecule has 0 saturated heterocycles. The number of fused-ring (bicyclic) bond motifs is 1. The molecule has 29 heavy (non-hydrogen) atoms. The Kier molecular flexibility index (Phi) is 8.25. The van der Waals surface area contributed by atoms with Crippen LogP contribution in [0.25, 0.3) is 10.9 Å². The van der Waals surface area contributed by atoms with E-state index in [2.05, 4.69) is 32.7 Å². The van der Waals surface area contributed by atoms with Crippen LogP contribution in [0.5, 0.6) is 0 Å². The number of esters is 1. The van der Waals surface area contributed by atoms with Crippen LogP contribution in [0.1, 0.15) is 27.7 Å². The summed E-state index contributed by atoms with van der Waals surface area (Å²) in [5, 5.41) is 0.759. The Morgan fingerprint density at radius 2 is 1.76 bits per heavy atom. The van der Waals surface area contributed by atoms with Crippen molar-refractivity contribution in [3.63, 3.8) is 0 Å². The van der Waals surface area contributed by atoms with Gasteiger partial charge in [0.05, 0.1) is 23.8 Å². The number of benzene rings is 1. The number of rotatable bonds is 9. The lowest BCUT2D eigenvalue weighted by molar-refractivity contribution is -0.141.